The van der Waals surface area contributed by atoms with E-state index < -0.39 is 0 Å². The maximum absolute atomic E-state index is 11.4. The third kappa shape index (κ3) is 7.42. The number of rotatable bonds is 13. The average molecular weight is 444 g/mol. The lowest BCUT2D eigenvalue weighted by Crippen LogP contribution is -2.38. The molecule has 1 N–H and O–H groups in total. The Balaban J connectivity index is 1.30. The number of aromatic nitrogens is 1. The van der Waals surface area contributed by atoms with E-state index in [-0.39, 0.29) is 12.0 Å². The van der Waals surface area contributed by atoms with Crippen molar-refractivity contribution in [2.24, 2.45) is 10.9 Å². The van der Waals surface area contributed by atoms with Crippen molar-refractivity contribution in [2.45, 2.75) is 51.4 Å². The zero-order valence-corrected chi connectivity index (χ0v) is 19.0. The smallest absolute Gasteiger partial charge is 0.407 e. The van der Waals surface area contributed by atoms with Crippen LogP contribution in [0.15, 0.2) is 35.5 Å². The van der Waals surface area contributed by atoms with E-state index in [2.05, 4.69) is 40.1 Å². The second-order valence-electron chi connectivity index (χ2n) is 7.79. The highest BCUT2D eigenvalue weighted by Gasteiger charge is 2.22. The van der Waals surface area contributed by atoms with E-state index in [0.717, 1.165) is 79.3 Å². The Morgan fingerprint density at radius 2 is 1.94 bits per heavy atom. The van der Waals surface area contributed by atoms with Crippen molar-refractivity contribution in [3.05, 3.63) is 41.0 Å². The number of fused-ring (bicyclic) bond motifs is 2. The molecule has 168 valence electrons. The van der Waals surface area contributed by atoms with Crippen molar-refractivity contribution < 1.29 is 14.3 Å². The minimum absolute atomic E-state index is 0.259. The van der Waals surface area contributed by atoms with Crippen LogP contribution in [0.4, 0.5) is 4.79 Å². The number of aliphatic imine (C=N–C) groups is 1. The lowest BCUT2D eigenvalue weighted by molar-refractivity contribution is 0.144. The van der Waals surface area contributed by atoms with Crippen LogP contribution in [-0.2, 0) is 9.47 Å². The molecule has 31 heavy (non-hydrogen) atoms. The van der Waals surface area contributed by atoms with Gasteiger partial charge in [0.2, 0.25) is 0 Å². The van der Waals surface area contributed by atoms with Gasteiger partial charge in [0.15, 0.2) is 0 Å². The topological polar surface area (TPSA) is 72.8 Å². The van der Waals surface area contributed by atoms with Gasteiger partial charge < -0.3 is 14.8 Å². The number of pyridine rings is 1. The number of carbonyl (C=O) groups is 1. The third-order valence-electron chi connectivity index (χ3n) is 5.40. The molecule has 1 unspecified atom stereocenters. The lowest BCUT2D eigenvalue weighted by Gasteiger charge is -2.22. The summed E-state index contributed by atoms with van der Waals surface area (Å²) in [5.74, 6) is 2.06. The first-order valence-electron chi connectivity index (χ1n) is 11.3. The molecule has 0 saturated carbocycles. The SMILES string of the molecule is O=C(NCCCS)OCCCCCCCCOC1=c2cccnc2=C2N=CC=CC2C1. The Labute approximate surface area is 189 Å². The molecule has 0 saturated heterocycles. The molecule has 6 nitrogen and oxygen atoms in total. The molecule has 2 aliphatic rings. The summed E-state index contributed by atoms with van der Waals surface area (Å²) in [6, 6.07) is 4.04. The second-order valence-corrected chi connectivity index (χ2v) is 8.24. The van der Waals surface area contributed by atoms with Crippen LogP contribution in [0, 0.1) is 5.92 Å². The van der Waals surface area contributed by atoms with Gasteiger partial charge in [-0.1, -0.05) is 31.8 Å². The maximum atomic E-state index is 11.4. The van der Waals surface area contributed by atoms with Crippen molar-refractivity contribution in [1.29, 1.82) is 0 Å². The molecule has 1 aliphatic heterocycles. The Morgan fingerprint density at radius 1 is 1.13 bits per heavy atom. The van der Waals surface area contributed by atoms with Crippen LogP contribution in [0.5, 0.6) is 0 Å². The van der Waals surface area contributed by atoms with Crippen molar-refractivity contribution in [3.8, 4) is 0 Å². The van der Waals surface area contributed by atoms with E-state index in [1.54, 1.807) is 0 Å². The van der Waals surface area contributed by atoms with Gasteiger partial charge in [0.25, 0.3) is 0 Å². The largest absolute Gasteiger partial charge is 0.497 e. The molecule has 0 spiro atoms. The molecule has 1 aliphatic carbocycles. The van der Waals surface area contributed by atoms with E-state index in [0.29, 0.717) is 13.2 Å². The van der Waals surface area contributed by atoms with Crippen LogP contribution in [0.1, 0.15) is 51.4 Å². The summed E-state index contributed by atoms with van der Waals surface area (Å²) >= 11 is 4.11. The fourth-order valence-electron chi connectivity index (χ4n) is 3.77. The summed E-state index contributed by atoms with van der Waals surface area (Å²) in [6.07, 6.45) is 15.7. The first kappa shape index (κ1) is 23.4. The van der Waals surface area contributed by atoms with Crippen LogP contribution in [-0.4, -0.2) is 42.8 Å². The monoisotopic (exact) mass is 443 g/mol. The Morgan fingerprint density at radius 3 is 2.77 bits per heavy atom. The van der Waals surface area contributed by atoms with Gasteiger partial charge in [-0.25, -0.2) is 4.79 Å². The van der Waals surface area contributed by atoms with Crippen LogP contribution in [0.25, 0.3) is 11.5 Å². The number of amides is 1. The van der Waals surface area contributed by atoms with Gasteiger partial charge in [-0.15, -0.1) is 0 Å². The molecular weight excluding hydrogens is 410 g/mol. The summed E-state index contributed by atoms with van der Waals surface area (Å²) in [5.41, 5.74) is 1.05. The number of allylic oxidation sites excluding steroid dienone is 1. The van der Waals surface area contributed by atoms with Gasteiger partial charge in [-0.2, -0.15) is 12.6 Å². The maximum Gasteiger partial charge on any atom is 0.407 e. The van der Waals surface area contributed by atoms with E-state index in [1.165, 1.54) is 6.42 Å². The summed E-state index contributed by atoms with van der Waals surface area (Å²) in [4.78, 5) is 20.5. The van der Waals surface area contributed by atoms with E-state index in [4.69, 9.17) is 9.47 Å². The molecule has 2 heterocycles. The van der Waals surface area contributed by atoms with Gasteiger partial charge in [-0.3, -0.25) is 9.98 Å². The molecule has 0 bridgehead atoms. The molecule has 0 radical (unpaired) electrons. The van der Waals surface area contributed by atoms with Gasteiger partial charge >= 0.3 is 6.09 Å². The summed E-state index contributed by atoms with van der Waals surface area (Å²) < 4.78 is 11.3. The van der Waals surface area contributed by atoms with Crippen LogP contribution < -0.4 is 15.9 Å². The standard InChI is InChI=1S/C24H33N3O3S/c28-24(27-14-9-17-31)30-16-6-4-2-1-3-5-15-29-21-18-19-10-7-12-25-22(19)23-20(21)11-8-13-26-23/h7-8,10-13,19,31H,1-6,9,14-18H2,(H,27,28). The summed E-state index contributed by atoms with van der Waals surface area (Å²) in [5, 5.41) is 4.75. The number of thiol groups is 1. The number of hydrogen-bond acceptors (Lipinski definition) is 6. The zero-order chi connectivity index (χ0) is 21.7. The first-order chi connectivity index (χ1) is 15.3. The molecule has 1 aromatic rings. The number of unbranched alkanes of at least 4 members (excludes halogenated alkanes) is 5. The van der Waals surface area contributed by atoms with Crippen LogP contribution in [0.2, 0.25) is 0 Å². The Hall–Kier alpha value is -2.28. The van der Waals surface area contributed by atoms with Gasteiger partial charge in [0.05, 0.1) is 24.3 Å². The van der Waals surface area contributed by atoms with Crippen LogP contribution in [0.3, 0.4) is 0 Å². The van der Waals surface area contributed by atoms with Crippen molar-refractivity contribution in [3.63, 3.8) is 0 Å². The highest BCUT2D eigenvalue weighted by atomic mass is 32.1. The molecule has 7 heteroatoms. The normalized spacial score (nSPS) is 16.6. The molecule has 0 aromatic carbocycles. The van der Waals surface area contributed by atoms with Crippen LogP contribution >= 0.6 is 12.6 Å². The first-order valence-corrected chi connectivity index (χ1v) is 12.0. The predicted octanol–water partition coefficient (Wildman–Crippen LogP) is 3.36. The summed E-state index contributed by atoms with van der Waals surface area (Å²) in [7, 11) is 0. The highest BCUT2D eigenvalue weighted by Crippen LogP contribution is 2.27. The summed E-state index contributed by atoms with van der Waals surface area (Å²) in [6.45, 7) is 1.84. The lowest BCUT2D eigenvalue weighted by atomic mass is 9.93. The minimum Gasteiger partial charge on any atom is -0.497 e. The Kier molecular flexibility index (Phi) is 9.96. The number of carbonyl (C=O) groups excluding carboxylic acids is 1. The van der Waals surface area contributed by atoms with Crippen molar-refractivity contribution in [2.75, 3.05) is 25.5 Å². The third-order valence-corrected chi connectivity index (χ3v) is 5.72. The van der Waals surface area contributed by atoms with E-state index in [1.807, 2.05) is 24.6 Å². The fourth-order valence-corrected chi connectivity index (χ4v) is 3.93. The molecule has 1 aromatic heterocycles. The zero-order valence-electron chi connectivity index (χ0n) is 18.1. The van der Waals surface area contributed by atoms with Crippen molar-refractivity contribution in [1.82, 2.24) is 10.3 Å². The molecule has 1 atom stereocenters. The second kappa shape index (κ2) is 13.2. The number of alkyl carbamates (subject to hydrolysis) is 1. The number of dihydropyridines is 1. The number of hydrogen-bond donors (Lipinski definition) is 2. The molecule has 1 amide bonds. The van der Waals surface area contributed by atoms with Gasteiger partial charge in [0.1, 0.15) is 5.76 Å². The minimum atomic E-state index is -0.323. The van der Waals surface area contributed by atoms with E-state index >= 15 is 0 Å². The Bertz CT molecular complexity index is 898. The predicted molar refractivity (Wildman–Crippen MR) is 128 cm³/mol. The quantitative estimate of drug-likeness (QED) is 0.362. The van der Waals surface area contributed by atoms with Gasteiger partial charge in [-0.05, 0) is 43.2 Å². The number of nitrogens with zero attached hydrogens (tertiary/aromatic N) is 2. The molecule has 0 fully saturated rings. The number of ether oxygens (including phenoxy) is 2. The van der Waals surface area contributed by atoms with E-state index in [9.17, 15) is 4.79 Å². The van der Waals surface area contributed by atoms with Crippen molar-refractivity contribution >= 4 is 36.4 Å². The average Bonchev–Trinajstić information content (AvgIpc) is 2.80. The van der Waals surface area contributed by atoms with Gasteiger partial charge in [0, 0.05) is 36.5 Å². The molecular formula is C24H33N3O3S. The molecule has 3 rings (SSSR count). The highest BCUT2D eigenvalue weighted by molar-refractivity contribution is 7.80. The fraction of sp³-hybridized carbons (Fsp3) is 0.542. The number of nitrogens with one attached hydrogen (secondary N) is 1.